The van der Waals surface area contributed by atoms with E-state index < -0.39 is 11.5 Å². The molecule has 0 bridgehead atoms. The summed E-state index contributed by atoms with van der Waals surface area (Å²) in [5.41, 5.74) is 2.01. The van der Waals surface area contributed by atoms with E-state index in [1.807, 2.05) is 24.3 Å². The molecule has 2 amide bonds. The number of benzene rings is 3. The number of hydrogen-bond donors (Lipinski definition) is 4. The van der Waals surface area contributed by atoms with Gasteiger partial charge in [-0.25, -0.2) is 0 Å². The number of hydrogen-bond acceptors (Lipinski definition) is 5. The molecule has 1 aliphatic heterocycles. The lowest BCUT2D eigenvalue weighted by Crippen LogP contribution is -2.37. The predicted octanol–water partition coefficient (Wildman–Crippen LogP) is 4.21. The van der Waals surface area contributed by atoms with Gasteiger partial charge in [0.25, 0.3) is 0 Å². The molecule has 35 heavy (non-hydrogen) atoms. The largest absolute Gasteiger partial charge is 0.508 e. The lowest BCUT2D eigenvalue weighted by molar-refractivity contribution is -0.132. The minimum atomic E-state index is -1.20. The molecule has 4 N–H and O–H groups in total. The molecule has 7 nitrogen and oxygen atoms in total. The zero-order valence-corrected chi connectivity index (χ0v) is 19.9. The molecule has 7 heteroatoms. The molecule has 1 aliphatic rings. The molecule has 0 radical (unpaired) electrons. The lowest BCUT2D eigenvalue weighted by Gasteiger charge is -2.29. The molecule has 2 unspecified atom stereocenters. The minimum absolute atomic E-state index is 0.0299. The first-order valence-electron chi connectivity index (χ1n) is 11.8. The molecule has 4 rings (SSSR count). The number of nitrogens with one attached hydrogen (secondary N) is 2. The van der Waals surface area contributed by atoms with Gasteiger partial charge >= 0.3 is 0 Å². The van der Waals surface area contributed by atoms with E-state index in [-0.39, 0.29) is 29.9 Å². The number of fused-ring (bicyclic) bond motifs is 1. The Morgan fingerprint density at radius 3 is 2.49 bits per heavy atom. The van der Waals surface area contributed by atoms with Crippen LogP contribution in [0.15, 0.2) is 66.7 Å². The maximum absolute atomic E-state index is 13.5. The van der Waals surface area contributed by atoms with E-state index in [2.05, 4.69) is 17.6 Å². The molecule has 0 fully saturated rings. The van der Waals surface area contributed by atoms with E-state index in [1.54, 1.807) is 49.4 Å². The van der Waals surface area contributed by atoms with Crippen molar-refractivity contribution in [2.75, 3.05) is 11.9 Å². The summed E-state index contributed by atoms with van der Waals surface area (Å²) in [5, 5.41) is 26.4. The lowest BCUT2D eigenvalue weighted by atomic mass is 9.70. The summed E-state index contributed by atoms with van der Waals surface area (Å²) in [6.45, 7) is 4.40. The number of amides is 2. The molecule has 0 saturated carbocycles. The number of aromatic hydroxyl groups is 2. The molecule has 3 aromatic rings. The van der Waals surface area contributed by atoms with Crippen LogP contribution in [-0.4, -0.2) is 34.7 Å². The fourth-order valence-electron chi connectivity index (χ4n) is 4.46. The van der Waals surface area contributed by atoms with Gasteiger partial charge in [-0.15, -0.1) is 0 Å². The van der Waals surface area contributed by atoms with Crippen LogP contribution in [0.1, 0.15) is 48.9 Å². The second-order valence-corrected chi connectivity index (χ2v) is 8.72. The van der Waals surface area contributed by atoms with Crippen LogP contribution in [0.3, 0.4) is 0 Å². The third-order valence-corrected chi connectivity index (χ3v) is 6.43. The summed E-state index contributed by atoms with van der Waals surface area (Å²) in [6, 6.07) is 19.0. The number of carbonyl (C=O) groups excluding carboxylic acids is 2. The van der Waals surface area contributed by atoms with Crippen LogP contribution >= 0.6 is 0 Å². The molecule has 0 spiro atoms. The molecule has 2 atom stereocenters. The van der Waals surface area contributed by atoms with Gasteiger partial charge in [0.15, 0.2) is 0 Å². The predicted molar refractivity (Wildman–Crippen MR) is 133 cm³/mol. The molecule has 0 aromatic heterocycles. The summed E-state index contributed by atoms with van der Waals surface area (Å²) in [5.74, 6) is -0.438. The number of phenolic OH excluding ortho intramolecular Hbond substituents is 2. The van der Waals surface area contributed by atoms with Gasteiger partial charge in [0.05, 0.1) is 0 Å². The normalized spacial score (nSPS) is 17.5. The van der Waals surface area contributed by atoms with E-state index in [1.165, 1.54) is 0 Å². The fraction of sp³-hybridized carbons (Fsp3) is 0.286. The van der Waals surface area contributed by atoms with Gasteiger partial charge in [-0.05, 0) is 48.7 Å². The summed E-state index contributed by atoms with van der Waals surface area (Å²) >= 11 is 0. The Bertz CT molecular complexity index is 1220. The Morgan fingerprint density at radius 1 is 1.06 bits per heavy atom. The first-order valence-corrected chi connectivity index (χ1v) is 11.8. The van der Waals surface area contributed by atoms with Crippen LogP contribution in [-0.2, 0) is 26.3 Å². The SMILES string of the molecule is CCCCOC(C)C(=O)NCc1ccc(C2(c3ccc(O)cc3)C(=O)Nc3ccccc32)cc1O. The van der Waals surface area contributed by atoms with Gasteiger partial charge in [0.1, 0.15) is 23.0 Å². The quantitative estimate of drug-likeness (QED) is 0.348. The number of unbranched alkanes of at least 4 members (excludes halogenated alkanes) is 1. The van der Waals surface area contributed by atoms with Crippen molar-refractivity contribution >= 4 is 17.5 Å². The molecular formula is C28H30N2O5. The number of phenols is 2. The van der Waals surface area contributed by atoms with Crippen LogP contribution in [0.25, 0.3) is 0 Å². The number of ether oxygens (including phenoxy) is 1. The van der Waals surface area contributed by atoms with Crippen molar-refractivity contribution in [2.45, 2.75) is 44.8 Å². The van der Waals surface area contributed by atoms with E-state index in [0.717, 1.165) is 18.4 Å². The topological polar surface area (TPSA) is 108 Å². The minimum Gasteiger partial charge on any atom is -0.508 e. The van der Waals surface area contributed by atoms with Crippen molar-refractivity contribution < 1.29 is 24.5 Å². The number of anilines is 1. The Kier molecular flexibility index (Phi) is 7.07. The summed E-state index contributed by atoms with van der Waals surface area (Å²) in [6.07, 6.45) is 1.29. The van der Waals surface area contributed by atoms with E-state index in [0.29, 0.717) is 29.0 Å². The summed E-state index contributed by atoms with van der Waals surface area (Å²) in [4.78, 5) is 25.9. The van der Waals surface area contributed by atoms with E-state index in [4.69, 9.17) is 4.74 Å². The highest BCUT2D eigenvalue weighted by atomic mass is 16.5. The van der Waals surface area contributed by atoms with Gasteiger partial charge in [-0.2, -0.15) is 0 Å². The van der Waals surface area contributed by atoms with Gasteiger partial charge in [0.2, 0.25) is 11.8 Å². The highest BCUT2D eigenvalue weighted by Crippen LogP contribution is 2.48. The Labute approximate surface area is 204 Å². The van der Waals surface area contributed by atoms with Gasteiger partial charge in [0, 0.05) is 30.0 Å². The van der Waals surface area contributed by atoms with Crippen LogP contribution < -0.4 is 10.6 Å². The summed E-state index contributed by atoms with van der Waals surface area (Å²) < 4.78 is 5.53. The van der Waals surface area contributed by atoms with Crippen LogP contribution in [0.2, 0.25) is 0 Å². The highest BCUT2D eigenvalue weighted by Gasteiger charge is 2.49. The maximum Gasteiger partial charge on any atom is 0.249 e. The molecule has 0 saturated heterocycles. The average molecular weight is 475 g/mol. The zero-order valence-electron chi connectivity index (χ0n) is 19.9. The van der Waals surface area contributed by atoms with Crippen molar-refractivity contribution in [1.82, 2.24) is 5.32 Å². The van der Waals surface area contributed by atoms with Crippen LogP contribution in [0.5, 0.6) is 11.5 Å². The number of para-hydroxylation sites is 1. The molecule has 1 heterocycles. The first kappa shape index (κ1) is 24.3. The maximum atomic E-state index is 13.5. The first-order chi connectivity index (χ1) is 16.9. The second-order valence-electron chi connectivity index (χ2n) is 8.72. The van der Waals surface area contributed by atoms with Gasteiger partial charge in [-0.1, -0.05) is 55.8 Å². The molecular weight excluding hydrogens is 444 g/mol. The Hall–Kier alpha value is -3.84. The standard InChI is InChI=1S/C28H30N2O5/c1-3-4-15-35-18(2)26(33)29-17-19-9-10-21(16-25(19)32)28(20-11-13-22(31)14-12-20)23-7-5-6-8-24(23)30-27(28)34/h5-14,16,18,31-32H,3-4,15,17H2,1-2H3,(H,29,33)(H,30,34). The Balaban J connectivity index is 1.65. The third-order valence-electron chi connectivity index (χ3n) is 6.43. The van der Waals surface area contributed by atoms with Crippen LogP contribution in [0.4, 0.5) is 5.69 Å². The zero-order chi connectivity index (χ0) is 25.0. The number of carbonyl (C=O) groups is 2. The van der Waals surface area contributed by atoms with Crippen molar-refractivity contribution in [3.63, 3.8) is 0 Å². The fourth-order valence-corrected chi connectivity index (χ4v) is 4.46. The van der Waals surface area contributed by atoms with Crippen molar-refractivity contribution in [1.29, 1.82) is 0 Å². The van der Waals surface area contributed by atoms with E-state index >= 15 is 0 Å². The highest BCUT2D eigenvalue weighted by molar-refractivity contribution is 6.11. The van der Waals surface area contributed by atoms with Crippen molar-refractivity contribution in [2.24, 2.45) is 0 Å². The van der Waals surface area contributed by atoms with E-state index in [9.17, 15) is 19.8 Å². The molecule has 0 aliphatic carbocycles. The Morgan fingerprint density at radius 2 is 1.77 bits per heavy atom. The monoisotopic (exact) mass is 474 g/mol. The van der Waals surface area contributed by atoms with Crippen molar-refractivity contribution in [3.05, 3.63) is 89.0 Å². The third kappa shape index (κ3) is 4.59. The summed E-state index contributed by atoms with van der Waals surface area (Å²) in [7, 11) is 0. The molecule has 3 aromatic carbocycles. The van der Waals surface area contributed by atoms with Gasteiger partial charge in [-0.3, -0.25) is 9.59 Å². The second kappa shape index (κ2) is 10.2. The molecule has 182 valence electrons. The van der Waals surface area contributed by atoms with Gasteiger partial charge < -0.3 is 25.6 Å². The van der Waals surface area contributed by atoms with Crippen molar-refractivity contribution in [3.8, 4) is 11.5 Å². The average Bonchev–Trinajstić information content (AvgIpc) is 3.16. The smallest absolute Gasteiger partial charge is 0.249 e. The number of rotatable bonds is 9. The van der Waals surface area contributed by atoms with Crippen LogP contribution in [0, 0.1) is 0 Å².